The Kier molecular flexibility index (Phi) is 13.2. The Morgan fingerprint density at radius 2 is 1.26 bits per heavy atom. The molecule has 0 fully saturated rings. The normalized spacial score (nSPS) is 9.42. The van der Waals surface area contributed by atoms with E-state index >= 15 is 0 Å². The van der Waals surface area contributed by atoms with Crippen LogP contribution >= 0.6 is 0 Å². The Balaban J connectivity index is 0. The van der Waals surface area contributed by atoms with Crippen LogP contribution in [0.25, 0.3) is 0 Å². The molecule has 3 nitrogen and oxygen atoms in total. The van der Waals surface area contributed by atoms with Crippen LogP contribution in [0.2, 0.25) is 13.1 Å². The van der Waals surface area contributed by atoms with Crippen molar-refractivity contribution in [1.82, 2.24) is 0 Å². The number of rotatable bonds is 10. The van der Waals surface area contributed by atoms with Gasteiger partial charge in [-0.05, 0) is 0 Å². The van der Waals surface area contributed by atoms with E-state index in [1.165, 1.54) is 18.8 Å². The quantitative estimate of drug-likeness (QED) is 0.448. The molecule has 0 aliphatic carbocycles. The van der Waals surface area contributed by atoms with Gasteiger partial charge >= 0.3 is 0 Å². The lowest BCUT2D eigenvalue weighted by molar-refractivity contribution is 0.0219. The van der Waals surface area contributed by atoms with Crippen LogP contribution in [0.3, 0.4) is 0 Å². The molecule has 0 N–H and O–H groups in total. The molecule has 0 bridgehead atoms. The largest absolute Gasteiger partial charge is 0.498 e. The second kappa shape index (κ2) is 12.8. The van der Waals surface area contributed by atoms with Crippen LogP contribution in [-0.2, 0) is 14.2 Å². The summed E-state index contributed by atoms with van der Waals surface area (Å²) >= 11 is 0. The highest BCUT2D eigenvalue weighted by molar-refractivity contribution is 6.86. The van der Waals surface area contributed by atoms with Gasteiger partial charge in [-0.25, -0.2) is 0 Å². The first kappa shape index (κ1) is 19.7. The van der Waals surface area contributed by atoms with Gasteiger partial charge in [0.2, 0.25) is 0 Å². The molecule has 0 atom stereocenters. The molecule has 0 amide bonds. The van der Waals surface area contributed by atoms with Gasteiger partial charge < -0.3 is 14.2 Å². The zero-order valence-electron chi connectivity index (χ0n) is 12.1. The van der Waals surface area contributed by atoms with Gasteiger partial charge in [-0.2, -0.15) is 0 Å². The van der Waals surface area contributed by atoms with Crippen molar-refractivity contribution < 1.29 is 14.2 Å². The molecule has 108 valence electrons. The summed E-state index contributed by atoms with van der Waals surface area (Å²) in [4.78, 5) is 0. The van der Waals surface area contributed by atoms with Crippen molar-refractivity contribution in [2.24, 2.45) is 0 Å². The van der Waals surface area contributed by atoms with E-state index < -0.39 is 8.07 Å². The van der Waals surface area contributed by atoms with Crippen molar-refractivity contribution in [3.05, 3.63) is 63.1 Å². The Labute approximate surface area is 118 Å². The van der Waals surface area contributed by atoms with Crippen LogP contribution in [0.5, 0.6) is 0 Å². The highest BCUT2D eigenvalue weighted by atomic mass is 28.3. The van der Waals surface area contributed by atoms with Crippen molar-refractivity contribution in [1.29, 1.82) is 0 Å². The van der Waals surface area contributed by atoms with E-state index in [2.05, 4.69) is 46.0 Å². The fourth-order valence-electron chi connectivity index (χ4n) is 0.697. The van der Waals surface area contributed by atoms with Gasteiger partial charge in [-0.15, -0.1) is 13.2 Å². The molecule has 0 aromatic heterocycles. The zero-order chi connectivity index (χ0) is 15.1. The first-order valence-electron chi connectivity index (χ1n) is 5.96. The standard InChI is InChI=1S/C9H14O3.C6H12Si/c1-4-10-7-9(12-6-3)8-11-5-2;1-5-7(3,4)6-2/h4-6,9H,1-3,7-8H2;5-6H,1-2H2,3-4H3. The lowest BCUT2D eigenvalue weighted by atomic mass is 10.4. The minimum atomic E-state index is -1.12. The molecule has 0 saturated carbocycles. The summed E-state index contributed by atoms with van der Waals surface area (Å²) in [6, 6.07) is 0. The third-order valence-corrected chi connectivity index (χ3v) is 4.25. The summed E-state index contributed by atoms with van der Waals surface area (Å²) in [5, 5.41) is 0. The van der Waals surface area contributed by atoms with Gasteiger partial charge in [0, 0.05) is 0 Å². The van der Waals surface area contributed by atoms with Crippen molar-refractivity contribution >= 4 is 8.07 Å². The van der Waals surface area contributed by atoms with Gasteiger partial charge in [0.15, 0.2) is 6.10 Å². The topological polar surface area (TPSA) is 27.7 Å². The zero-order valence-corrected chi connectivity index (χ0v) is 13.1. The molecule has 4 heteroatoms. The summed E-state index contributed by atoms with van der Waals surface area (Å²) in [5.41, 5.74) is 4.03. The van der Waals surface area contributed by atoms with Gasteiger partial charge in [-0.1, -0.05) is 44.2 Å². The molecule has 0 aliphatic rings. The molecule has 0 spiro atoms. The number of hydrogen-bond donors (Lipinski definition) is 0. The van der Waals surface area contributed by atoms with E-state index in [0.717, 1.165) is 0 Å². The van der Waals surface area contributed by atoms with Gasteiger partial charge in [0.1, 0.15) is 13.2 Å². The number of ether oxygens (including phenoxy) is 3. The first-order valence-corrected chi connectivity index (χ1v) is 9.11. The van der Waals surface area contributed by atoms with Crippen LogP contribution in [0.1, 0.15) is 0 Å². The van der Waals surface area contributed by atoms with Crippen LogP contribution in [-0.4, -0.2) is 27.4 Å². The summed E-state index contributed by atoms with van der Waals surface area (Å²) in [5.74, 6) is 0. The van der Waals surface area contributed by atoms with E-state index in [1.807, 2.05) is 11.4 Å². The van der Waals surface area contributed by atoms with Crippen molar-refractivity contribution in [3.63, 3.8) is 0 Å². The van der Waals surface area contributed by atoms with Crippen LogP contribution in [0.15, 0.2) is 63.1 Å². The highest BCUT2D eigenvalue weighted by Crippen LogP contribution is 2.01. The molecule has 0 rings (SSSR count). The summed E-state index contributed by atoms with van der Waals surface area (Å²) in [7, 11) is -1.12. The predicted molar refractivity (Wildman–Crippen MR) is 85.2 cm³/mol. The fraction of sp³-hybridized carbons (Fsp3) is 0.333. The maximum atomic E-state index is 5.06. The molecule has 0 aliphatic heterocycles. The third-order valence-electron chi connectivity index (χ3n) is 2.14. The first-order chi connectivity index (χ1) is 8.97. The number of hydrogen-bond acceptors (Lipinski definition) is 3. The monoisotopic (exact) mass is 282 g/mol. The SMILES string of the molecule is C=COCC(COC=C)OC=C.C=C[Si](C)(C)C=C. The second-order valence-corrected chi connectivity index (χ2v) is 8.61. The molecule has 0 unspecified atom stereocenters. The second-order valence-electron chi connectivity index (χ2n) is 4.15. The fourth-order valence-corrected chi connectivity index (χ4v) is 0.863. The third kappa shape index (κ3) is 14.3. The van der Waals surface area contributed by atoms with Crippen molar-refractivity contribution in [3.8, 4) is 0 Å². The smallest absolute Gasteiger partial charge is 0.165 e. The van der Waals surface area contributed by atoms with Gasteiger partial charge in [0.25, 0.3) is 0 Å². The van der Waals surface area contributed by atoms with Crippen LogP contribution < -0.4 is 0 Å². The van der Waals surface area contributed by atoms with E-state index in [9.17, 15) is 0 Å². The predicted octanol–water partition coefficient (Wildman–Crippen LogP) is 3.98. The lowest BCUT2D eigenvalue weighted by Gasteiger charge is -2.14. The van der Waals surface area contributed by atoms with Crippen molar-refractivity contribution in [2.75, 3.05) is 13.2 Å². The van der Waals surface area contributed by atoms with Gasteiger partial charge in [-0.3, -0.25) is 0 Å². The molecule has 0 heterocycles. The molecule has 0 aromatic rings. The average Bonchev–Trinajstić information content (AvgIpc) is 2.42. The Hall–Kier alpha value is -1.68. The Bertz CT molecular complexity index is 263. The average molecular weight is 282 g/mol. The van der Waals surface area contributed by atoms with E-state index in [-0.39, 0.29) is 6.10 Å². The minimum Gasteiger partial charge on any atom is -0.498 e. The lowest BCUT2D eigenvalue weighted by Crippen LogP contribution is -2.21. The summed E-state index contributed by atoms with van der Waals surface area (Å²) in [6.07, 6.45) is 3.89. The highest BCUT2D eigenvalue weighted by Gasteiger charge is 2.08. The molecule has 0 radical (unpaired) electrons. The van der Waals surface area contributed by atoms with E-state index in [4.69, 9.17) is 14.2 Å². The maximum Gasteiger partial charge on any atom is 0.165 e. The Morgan fingerprint density at radius 3 is 1.47 bits per heavy atom. The van der Waals surface area contributed by atoms with Crippen molar-refractivity contribution in [2.45, 2.75) is 19.2 Å². The summed E-state index contributed by atoms with van der Waals surface area (Å²) < 4.78 is 14.9. The molecule has 0 aromatic carbocycles. The summed E-state index contributed by atoms with van der Waals surface area (Å²) in [6.45, 7) is 22.8. The maximum absolute atomic E-state index is 5.06. The van der Waals surface area contributed by atoms with E-state index in [1.54, 1.807) is 0 Å². The molecule has 19 heavy (non-hydrogen) atoms. The Morgan fingerprint density at radius 1 is 0.842 bits per heavy atom. The van der Waals surface area contributed by atoms with Crippen LogP contribution in [0.4, 0.5) is 0 Å². The molecular formula is C15H26O3Si. The van der Waals surface area contributed by atoms with Gasteiger partial charge in [0.05, 0.1) is 26.9 Å². The van der Waals surface area contributed by atoms with Crippen LogP contribution in [0, 0.1) is 0 Å². The van der Waals surface area contributed by atoms with E-state index in [0.29, 0.717) is 13.2 Å². The minimum absolute atomic E-state index is 0.168. The molecular weight excluding hydrogens is 256 g/mol. The molecule has 0 saturated heterocycles.